The Morgan fingerprint density at radius 3 is 3.50 bits per heavy atom. The number of rotatable bonds is 6. The van der Waals surface area contributed by atoms with Crippen molar-refractivity contribution in [3.63, 3.8) is 0 Å². The Bertz CT molecular complexity index is 652. The van der Waals surface area contributed by atoms with Crippen LogP contribution in [0.2, 0.25) is 1.41 Å². The minimum Gasteiger partial charge on any atom is -0.461 e. The Morgan fingerprint density at radius 1 is 2.06 bits per heavy atom. The number of hydrogen-bond donors (Lipinski definition) is 2. The van der Waals surface area contributed by atoms with Crippen LogP contribution in [0, 0.1) is 0 Å². The lowest BCUT2D eigenvalue weighted by Crippen LogP contribution is -2.36. The maximum absolute atomic E-state index is 12.3. The van der Waals surface area contributed by atoms with Crippen molar-refractivity contribution < 1.29 is 35.9 Å². The summed E-state index contributed by atoms with van der Waals surface area (Å²) in [6, 6.07) is -1.77. The third kappa shape index (κ3) is 4.18. The predicted octanol–water partition coefficient (Wildman–Crippen LogP) is 0.358. The first-order valence-corrected chi connectivity index (χ1v) is 4.35. The average molecular weight is 242 g/mol. The molecule has 0 radical (unpaired) electrons. The van der Waals surface area contributed by atoms with Crippen molar-refractivity contribution in [1.82, 2.24) is 5.31 Å². The van der Waals surface area contributed by atoms with Gasteiger partial charge in [-0.3, -0.25) is 4.79 Å². The van der Waals surface area contributed by atoms with Crippen LogP contribution < -0.4 is 5.31 Å². The molecule has 1 aliphatic rings. The highest BCUT2D eigenvalue weighted by Crippen LogP contribution is 2.11. The summed E-state index contributed by atoms with van der Waals surface area (Å²) in [6.07, 6.45) is -14.4. The molecule has 0 bridgehead atoms. The van der Waals surface area contributed by atoms with Crippen LogP contribution >= 0.6 is 0 Å². The van der Waals surface area contributed by atoms with Crippen LogP contribution in [0.5, 0.6) is 0 Å². The van der Waals surface area contributed by atoms with Crippen molar-refractivity contribution >= 4 is 11.9 Å². The highest BCUT2D eigenvalue weighted by molar-refractivity contribution is 5.88. The van der Waals surface area contributed by atoms with Gasteiger partial charge < -0.3 is 15.2 Å². The standard InChI is InChI=1S/C11H19NO4/c1-7(13)3-4-8(2)16-11(15)9-5-6-10(14)12-9/h7-9,13H,3-6H2,1-2H3,(H,12,14)/i1D3,2D3,4D2,6D,7D,8D,13D/hD. The first-order valence-electron chi connectivity index (χ1n) is 10.8. The van der Waals surface area contributed by atoms with Crippen LogP contribution in [0.15, 0.2) is 0 Å². The zero-order chi connectivity index (χ0) is 23.2. The fraction of sp³-hybridized carbons (Fsp3) is 0.818. The molecule has 0 aromatic carbocycles. The molecule has 0 aromatic rings. The van der Waals surface area contributed by atoms with Crippen LogP contribution in [0.4, 0.5) is 0 Å². The van der Waals surface area contributed by atoms with Crippen molar-refractivity contribution in [3.8, 4) is 0 Å². The Hall–Kier alpha value is -1.10. The van der Waals surface area contributed by atoms with E-state index in [9.17, 15) is 9.59 Å². The first kappa shape index (κ1) is 3.70. The summed E-state index contributed by atoms with van der Waals surface area (Å²) >= 11 is 0. The molecule has 0 spiro atoms. The summed E-state index contributed by atoms with van der Waals surface area (Å²) < 4.78 is 102. The van der Waals surface area contributed by atoms with Gasteiger partial charge >= 0.3 is 5.97 Å². The molecule has 4 unspecified atom stereocenters. The first-order chi connectivity index (χ1) is 12.7. The Kier molecular flexibility index (Phi) is 1.35. The van der Waals surface area contributed by atoms with Gasteiger partial charge in [0.2, 0.25) is 7.34 Å². The van der Waals surface area contributed by atoms with E-state index in [0.717, 1.165) is 0 Å². The number of esters is 1. The van der Waals surface area contributed by atoms with Gasteiger partial charge in [-0.05, 0) is 32.9 Å². The van der Waals surface area contributed by atoms with E-state index in [1.165, 1.54) is 0 Å². The lowest BCUT2D eigenvalue weighted by molar-refractivity contribution is -0.151. The van der Waals surface area contributed by atoms with Crippen molar-refractivity contribution in [2.24, 2.45) is 0 Å². The fourth-order valence-electron chi connectivity index (χ4n) is 0.986. The number of amides is 1. The minimum atomic E-state index is -3.78. The van der Waals surface area contributed by atoms with E-state index in [2.05, 4.69) is 9.85 Å². The predicted molar refractivity (Wildman–Crippen MR) is 57.6 cm³/mol. The topological polar surface area (TPSA) is 75.6 Å². The van der Waals surface area contributed by atoms with Gasteiger partial charge in [0, 0.05) is 18.7 Å². The molecule has 0 saturated carbocycles. The molecule has 5 nitrogen and oxygen atoms in total. The van der Waals surface area contributed by atoms with E-state index >= 15 is 0 Å². The molecule has 16 heavy (non-hydrogen) atoms. The lowest BCUT2D eigenvalue weighted by Gasteiger charge is -2.16. The second-order valence-electron chi connectivity index (χ2n) is 2.95. The van der Waals surface area contributed by atoms with E-state index in [-0.39, 0.29) is 5.31 Å². The molecule has 1 aliphatic heterocycles. The Morgan fingerprint density at radius 2 is 2.94 bits per heavy atom. The van der Waals surface area contributed by atoms with Gasteiger partial charge in [-0.2, -0.15) is 0 Å². The number of nitrogens with one attached hydrogen (secondary N) is 1. The van der Waals surface area contributed by atoms with Gasteiger partial charge in [0.15, 0.2) is 1.41 Å². The minimum absolute atomic E-state index is 0.0552. The summed E-state index contributed by atoms with van der Waals surface area (Å²) in [5, 5.41) is 3.85. The maximum atomic E-state index is 12.3. The molecule has 1 heterocycles. The van der Waals surface area contributed by atoms with Crippen LogP contribution in [0.25, 0.3) is 0 Å². The molecule has 92 valence electrons. The van der Waals surface area contributed by atoms with Crippen LogP contribution in [-0.4, -0.2) is 36.6 Å². The molecule has 0 aliphatic carbocycles. The molecule has 1 fully saturated rings. The Labute approximate surface area is 114 Å². The van der Waals surface area contributed by atoms with Crippen molar-refractivity contribution in [1.29, 1.82) is 1.43 Å². The van der Waals surface area contributed by atoms with Gasteiger partial charge in [0.1, 0.15) is 6.04 Å². The van der Waals surface area contributed by atoms with Gasteiger partial charge in [-0.25, -0.2) is 4.79 Å². The van der Waals surface area contributed by atoms with Crippen LogP contribution in [-0.2, 0) is 14.3 Å². The molecule has 2 N–H and O–H groups in total. The third-order valence-corrected chi connectivity index (χ3v) is 1.68. The number of hydrogen-bond acceptors (Lipinski definition) is 4. The van der Waals surface area contributed by atoms with Gasteiger partial charge in [0.05, 0.1) is 14.9 Å². The summed E-state index contributed by atoms with van der Waals surface area (Å²) in [4.78, 5) is 23.8. The zero-order valence-corrected chi connectivity index (χ0v) is 8.15. The molecule has 0 aromatic heterocycles. The van der Waals surface area contributed by atoms with Gasteiger partial charge in [-0.1, -0.05) is 0 Å². The normalized spacial score (nSPS) is 47.1. The molecule has 5 heteroatoms. The number of ether oxygens (including phenoxy) is 1. The summed E-state index contributed by atoms with van der Waals surface area (Å²) in [5.74, 6) is -2.75. The quantitative estimate of drug-likeness (QED) is 0.659. The summed E-state index contributed by atoms with van der Waals surface area (Å²) in [5.41, 5.74) is 0. The summed E-state index contributed by atoms with van der Waals surface area (Å²) in [6.45, 7) is -7.13. The van der Waals surface area contributed by atoms with Gasteiger partial charge in [0.25, 0.3) is 0 Å². The molecule has 1 amide bonds. The highest BCUT2D eigenvalue weighted by Gasteiger charge is 2.29. The Balaban J connectivity index is 3.30. The van der Waals surface area contributed by atoms with E-state index in [4.69, 9.17) is 17.9 Å². The fourth-order valence-corrected chi connectivity index (χ4v) is 0.986. The largest absolute Gasteiger partial charge is 0.461 e. The van der Waals surface area contributed by atoms with Gasteiger partial charge in [-0.15, -0.1) is 0 Å². The zero-order valence-electron chi connectivity index (χ0n) is 21.1. The second kappa shape index (κ2) is 5.84. The van der Waals surface area contributed by atoms with Crippen LogP contribution in [0.3, 0.4) is 0 Å². The molecule has 4 atom stereocenters. The smallest absolute Gasteiger partial charge is 0.328 e. The number of carbonyl (C=O) groups excluding carboxylic acids is 2. The van der Waals surface area contributed by atoms with E-state index in [1.54, 1.807) is 0 Å². The van der Waals surface area contributed by atoms with Crippen molar-refractivity contribution in [2.45, 2.75) is 57.5 Å². The average Bonchev–Trinajstić information content (AvgIpc) is 2.79. The monoisotopic (exact) mass is 242 g/mol. The summed E-state index contributed by atoms with van der Waals surface area (Å²) in [7, 11) is 0. The lowest BCUT2D eigenvalue weighted by atomic mass is 10.1. The van der Waals surface area contributed by atoms with Crippen molar-refractivity contribution in [3.05, 3.63) is 0 Å². The SMILES string of the molecule is [2H]OC([2H])(CC([2H])([2H])C([2H])(OC(=O)C1CC([2H])C(=O)N1[2H])C([2H])([2H])[2H])C([2H])([2H])[2H]. The van der Waals surface area contributed by atoms with Crippen LogP contribution in [0.1, 0.15) is 54.4 Å². The maximum Gasteiger partial charge on any atom is 0.328 e. The molecule has 1 rings (SSSR count). The van der Waals surface area contributed by atoms with E-state index < -0.39 is 69.4 Å². The van der Waals surface area contributed by atoms with E-state index in [1.807, 2.05) is 0 Å². The third-order valence-electron chi connectivity index (χ3n) is 1.68. The number of carbonyl (C=O) groups is 2. The number of aliphatic hydroxyl groups is 1. The highest BCUT2D eigenvalue weighted by atomic mass is 16.5. The second-order valence-corrected chi connectivity index (χ2v) is 2.95. The van der Waals surface area contributed by atoms with Crippen molar-refractivity contribution in [2.75, 3.05) is 0 Å². The molecule has 1 saturated heterocycles. The molecular weight excluding hydrogens is 210 g/mol. The van der Waals surface area contributed by atoms with E-state index in [0.29, 0.717) is 0 Å². The molecular formula is C11H19NO4.